The van der Waals surface area contributed by atoms with Crippen LogP contribution in [-0.2, 0) is 17.5 Å². The quantitative estimate of drug-likeness (QED) is 0.153. The number of rotatable bonds is 7. The van der Waals surface area contributed by atoms with Crippen LogP contribution in [-0.4, -0.2) is 38.3 Å². The van der Waals surface area contributed by atoms with Crippen LogP contribution in [0.25, 0.3) is 38.2 Å². The Hall–Kier alpha value is -3.22. The van der Waals surface area contributed by atoms with Crippen LogP contribution in [0.3, 0.4) is 0 Å². The third-order valence-corrected chi connectivity index (χ3v) is 8.39. The zero-order chi connectivity index (χ0) is 28.1. The van der Waals surface area contributed by atoms with Crippen molar-refractivity contribution in [2.75, 3.05) is 13.7 Å². The molecule has 0 N–H and O–H groups in total. The van der Waals surface area contributed by atoms with E-state index in [2.05, 4.69) is 5.10 Å². The van der Waals surface area contributed by atoms with Gasteiger partial charge < -0.3 is 9.30 Å². The molecule has 6 nitrogen and oxygen atoms in total. The van der Waals surface area contributed by atoms with E-state index in [-0.39, 0.29) is 29.4 Å². The number of nitrogens with zero attached hydrogens (tertiary/aromatic N) is 4. The van der Waals surface area contributed by atoms with Crippen molar-refractivity contribution in [3.05, 3.63) is 69.9 Å². The molecule has 0 amide bonds. The van der Waals surface area contributed by atoms with Crippen LogP contribution in [0.5, 0.6) is 0 Å². The van der Waals surface area contributed by atoms with Gasteiger partial charge in [0.15, 0.2) is 0 Å². The molecule has 0 spiro atoms. The molecule has 5 aromatic rings. The molecular formula is C27H24F4N4O2S2. The third kappa shape index (κ3) is 4.96. The van der Waals surface area contributed by atoms with Crippen LogP contribution >= 0.6 is 23.1 Å². The molecule has 0 unspecified atom stereocenters. The second-order valence-corrected chi connectivity index (χ2v) is 12.0. The molecule has 0 saturated carbocycles. The van der Waals surface area contributed by atoms with Gasteiger partial charge in [0, 0.05) is 35.2 Å². The number of thiazole rings is 1. The highest BCUT2D eigenvalue weighted by Gasteiger charge is 2.30. The van der Waals surface area contributed by atoms with Crippen molar-refractivity contribution in [3.63, 3.8) is 0 Å². The predicted octanol–water partition coefficient (Wildman–Crippen LogP) is 7.08. The maximum absolute atomic E-state index is 15.0. The summed E-state index contributed by atoms with van der Waals surface area (Å²) in [6.07, 6.45) is -4.45. The van der Waals surface area contributed by atoms with Gasteiger partial charge in [0.1, 0.15) is 11.3 Å². The van der Waals surface area contributed by atoms with E-state index in [9.17, 15) is 22.4 Å². The lowest BCUT2D eigenvalue weighted by Gasteiger charge is -2.12. The van der Waals surface area contributed by atoms with Crippen LogP contribution < -0.4 is 5.56 Å². The summed E-state index contributed by atoms with van der Waals surface area (Å²) in [6.45, 7) is 6.09. The summed E-state index contributed by atoms with van der Waals surface area (Å²) in [5, 5.41) is 6.25. The number of alkyl halides is 3. The Labute approximate surface area is 229 Å². The van der Waals surface area contributed by atoms with Crippen LogP contribution in [0.4, 0.5) is 17.6 Å². The lowest BCUT2D eigenvalue weighted by Crippen LogP contribution is -2.25. The maximum Gasteiger partial charge on any atom is 0.416 e. The fourth-order valence-electron chi connectivity index (χ4n) is 4.48. The minimum absolute atomic E-state index is 0.135. The molecule has 3 aromatic heterocycles. The standard InChI is InChI=1S/C27H24F4N4O2S2/c1-14(2)38-25-21(16-8-10-17(11-9-16)27(29,30)31)32-26(39-25)35-23-20(15(3)33-35)18-6-5-7-19(28)22(18)34(24(23)36)12-13-37-4/h5-11,14H,12-13H2,1-4H3. The smallest absolute Gasteiger partial charge is 0.383 e. The van der Waals surface area contributed by atoms with E-state index in [0.29, 0.717) is 32.9 Å². The first-order chi connectivity index (χ1) is 18.5. The third-order valence-electron chi connectivity index (χ3n) is 6.15. The number of methoxy groups -OCH3 is 1. The van der Waals surface area contributed by atoms with E-state index in [1.165, 1.54) is 57.7 Å². The molecular weight excluding hydrogens is 552 g/mol. The number of ether oxygens (including phenoxy) is 1. The summed E-state index contributed by atoms with van der Waals surface area (Å²) in [7, 11) is 1.50. The van der Waals surface area contributed by atoms with Gasteiger partial charge in [-0.1, -0.05) is 49.4 Å². The summed E-state index contributed by atoms with van der Waals surface area (Å²) >= 11 is 2.82. The SMILES string of the molecule is COCCn1c(=O)c2c(c(C)nn2-c2nc(-c3ccc(C(F)(F)F)cc3)c(SC(C)C)s2)c2cccc(F)c21. The fraction of sp³-hybridized carbons (Fsp3) is 0.296. The van der Waals surface area contributed by atoms with E-state index in [0.717, 1.165) is 16.3 Å². The lowest BCUT2D eigenvalue weighted by atomic mass is 10.1. The molecule has 0 bridgehead atoms. The fourth-order valence-corrected chi connectivity index (χ4v) is 6.96. The van der Waals surface area contributed by atoms with E-state index < -0.39 is 23.1 Å². The van der Waals surface area contributed by atoms with E-state index in [1.54, 1.807) is 19.1 Å². The van der Waals surface area contributed by atoms with Crippen molar-refractivity contribution in [2.24, 2.45) is 0 Å². The van der Waals surface area contributed by atoms with E-state index in [4.69, 9.17) is 9.72 Å². The summed E-state index contributed by atoms with van der Waals surface area (Å²) < 4.78 is 63.2. The number of thioether (sulfide) groups is 1. The average molecular weight is 577 g/mol. The first-order valence-corrected chi connectivity index (χ1v) is 13.8. The first kappa shape index (κ1) is 27.4. The second-order valence-electron chi connectivity index (χ2n) is 9.18. The minimum atomic E-state index is -4.45. The Morgan fingerprint density at radius 1 is 1.10 bits per heavy atom. The highest BCUT2D eigenvalue weighted by Crippen LogP contribution is 2.41. The monoisotopic (exact) mass is 576 g/mol. The molecule has 0 fully saturated rings. The topological polar surface area (TPSA) is 61.9 Å². The van der Waals surface area contributed by atoms with Gasteiger partial charge in [-0.2, -0.15) is 23.0 Å². The molecule has 12 heteroatoms. The van der Waals surface area contributed by atoms with Gasteiger partial charge in [-0.25, -0.2) is 9.37 Å². The largest absolute Gasteiger partial charge is 0.416 e. The van der Waals surface area contributed by atoms with Crippen LogP contribution in [0, 0.1) is 12.7 Å². The number of fused-ring (bicyclic) bond motifs is 3. The molecule has 3 heterocycles. The molecule has 0 aliphatic rings. The Balaban J connectivity index is 1.76. The lowest BCUT2D eigenvalue weighted by molar-refractivity contribution is -0.137. The highest BCUT2D eigenvalue weighted by atomic mass is 32.2. The Bertz CT molecular complexity index is 1740. The van der Waals surface area contributed by atoms with Crippen molar-refractivity contribution in [1.29, 1.82) is 0 Å². The molecule has 0 atom stereocenters. The van der Waals surface area contributed by atoms with Crippen molar-refractivity contribution in [2.45, 2.75) is 43.0 Å². The molecule has 2 aromatic carbocycles. The molecule has 5 rings (SSSR count). The average Bonchev–Trinajstić information content (AvgIpc) is 3.44. The predicted molar refractivity (Wildman–Crippen MR) is 147 cm³/mol. The first-order valence-electron chi connectivity index (χ1n) is 12.1. The Morgan fingerprint density at radius 3 is 2.46 bits per heavy atom. The molecule has 0 saturated heterocycles. The summed E-state index contributed by atoms with van der Waals surface area (Å²) in [5.74, 6) is -0.524. The highest BCUT2D eigenvalue weighted by molar-refractivity contribution is 8.01. The number of para-hydroxylation sites is 1. The molecule has 0 aliphatic heterocycles. The Morgan fingerprint density at radius 2 is 1.82 bits per heavy atom. The molecule has 0 radical (unpaired) electrons. The van der Waals surface area contributed by atoms with Crippen LogP contribution in [0.15, 0.2) is 51.5 Å². The number of aryl methyl sites for hydroxylation is 1. The Kier molecular flexibility index (Phi) is 7.29. The maximum atomic E-state index is 15.0. The van der Waals surface area contributed by atoms with Gasteiger partial charge in [-0.15, -0.1) is 11.8 Å². The number of hydrogen-bond acceptors (Lipinski definition) is 6. The molecule has 204 valence electrons. The van der Waals surface area contributed by atoms with Crippen molar-refractivity contribution in [3.8, 4) is 16.4 Å². The second kappa shape index (κ2) is 10.4. The van der Waals surface area contributed by atoms with Gasteiger partial charge in [0.05, 0.1) is 33.3 Å². The number of aromatic nitrogens is 4. The van der Waals surface area contributed by atoms with Gasteiger partial charge in [-0.05, 0) is 25.1 Å². The summed E-state index contributed by atoms with van der Waals surface area (Å²) in [4.78, 5) is 18.6. The van der Waals surface area contributed by atoms with E-state index in [1.807, 2.05) is 13.8 Å². The van der Waals surface area contributed by atoms with Gasteiger partial charge >= 0.3 is 6.18 Å². The zero-order valence-corrected chi connectivity index (χ0v) is 23.1. The van der Waals surface area contributed by atoms with Crippen molar-refractivity contribution < 1.29 is 22.3 Å². The van der Waals surface area contributed by atoms with Gasteiger partial charge in [0.25, 0.3) is 5.56 Å². The van der Waals surface area contributed by atoms with Crippen molar-refractivity contribution in [1.82, 2.24) is 19.3 Å². The van der Waals surface area contributed by atoms with Crippen LogP contribution in [0.1, 0.15) is 25.1 Å². The number of pyridine rings is 1. The minimum Gasteiger partial charge on any atom is -0.383 e. The number of benzene rings is 2. The number of halogens is 4. The van der Waals surface area contributed by atoms with Gasteiger partial charge in [-0.3, -0.25) is 4.79 Å². The molecule has 39 heavy (non-hydrogen) atoms. The molecule has 0 aliphatic carbocycles. The summed E-state index contributed by atoms with van der Waals surface area (Å²) in [5.41, 5.74) is 0.794. The normalized spacial score (nSPS) is 12.3. The van der Waals surface area contributed by atoms with Crippen LogP contribution in [0.2, 0.25) is 0 Å². The van der Waals surface area contributed by atoms with Gasteiger partial charge in [0.2, 0.25) is 5.13 Å². The van der Waals surface area contributed by atoms with E-state index >= 15 is 0 Å². The van der Waals surface area contributed by atoms with Crippen molar-refractivity contribution >= 4 is 44.9 Å². The zero-order valence-electron chi connectivity index (χ0n) is 21.5. The summed E-state index contributed by atoms with van der Waals surface area (Å²) in [6, 6.07) is 9.49. The number of hydrogen-bond donors (Lipinski definition) is 0.